The third-order valence-electron chi connectivity index (χ3n) is 4.56. The highest BCUT2D eigenvalue weighted by molar-refractivity contribution is 7.83. The Hall–Kier alpha value is -0.410. The predicted molar refractivity (Wildman–Crippen MR) is 90.3 cm³/mol. The first kappa shape index (κ1) is 18.4. The third kappa shape index (κ3) is 3.44. The summed E-state index contributed by atoms with van der Waals surface area (Å²) in [5.74, 6) is -0.880. The van der Waals surface area contributed by atoms with Gasteiger partial charge in [-0.15, -0.1) is 0 Å². The molecule has 1 aromatic rings. The zero-order valence-electron chi connectivity index (χ0n) is 13.1. The third-order valence-corrected chi connectivity index (χ3v) is 6.15. The van der Waals surface area contributed by atoms with Crippen LogP contribution in [0, 0.1) is 0 Å². The molecule has 1 spiro atoms. The summed E-state index contributed by atoms with van der Waals surface area (Å²) in [5, 5.41) is 0.718. The minimum atomic E-state index is -4.47. The second-order valence-corrected chi connectivity index (χ2v) is 8.43. The summed E-state index contributed by atoms with van der Waals surface area (Å²) < 4.78 is 45.6. The molecular weight excluding hydrogens is 377 g/mol. The largest absolute Gasteiger partial charge is 0.338 e. The van der Waals surface area contributed by atoms with Crippen molar-refractivity contribution in [2.45, 2.75) is 50.2 Å². The van der Waals surface area contributed by atoms with E-state index in [1.54, 1.807) is 18.2 Å². The number of hydrogen-bond donors (Lipinski definition) is 1. The Bertz CT molecular complexity index is 700. The van der Waals surface area contributed by atoms with Gasteiger partial charge in [-0.05, 0) is 25.0 Å². The lowest BCUT2D eigenvalue weighted by Gasteiger charge is -2.32. The SMILES string of the molecule is CN(C1OC2(CCCCC2)OC1c1c(Cl)cccc1Cl)S(=O)(=O)O. The number of likely N-dealkylation sites (N-methyl/N-ethyl adjacent to an activating group) is 1. The normalized spacial score (nSPS) is 27.0. The van der Waals surface area contributed by atoms with Crippen LogP contribution >= 0.6 is 23.2 Å². The van der Waals surface area contributed by atoms with Crippen molar-refractivity contribution in [1.82, 2.24) is 4.31 Å². The molecule has 1 aromatic carbocycles. The molecular formula is C15H19Cl2NO5S. The molecule has 1 saturated heterocycles. The second-order valence-electron chi connectivity index (χ2n) is 6.15. The van der Waals surface area contributed by atoms with E-state index in [1.807, 2.05) is 0 Å². The number of benzene rings is 1. The van der Waals surface area contributed by atoms with Gasteiger partial charge in [-0.2, -0.15) is 12.7 Å². The van der Waals surface area contributed by atoms with E-state index in [4.69, 9.17) is 32.7 Å². The zero-order valence-corrected chi connectivity index (χ0v) is 15.4. The lowest BCUT2D eigenvalue weighted by Crippen LogP contribution is -2.41. The molecule has 9 heteroatoms. The highest BCUT2D eigenvalue weighted by atomic mass is 35.5. The van der Waals surface area contributed by atoms with E-state index in [9.17, 15) is 13.0 Å². The molecule has 1 heterocycles. The van der Waals surface area contributed by atoms with Crippen molar-refractivity contribution < 1.29 is 22.4 Å². The molecule has 2 atom stereocenters. The smallest absolute Gasteiger partial charge is 0.337 e. The molecule has 0 bridgehead atoms. The second kappa shape index (κ2) is 6.72. The molecule has 1 N–H and O–H groups in total. The molecule has 6 nitrogen and oxygen atoms in total. The molecule has 0 radical (unpaired) electrons. The number of nitrogens with zero attached hydrogens (tertiary/aromatic N) is 1. The minimum absolute atomic E-state index is 0.359. The summed E-state index contributed by atoms with van der Waals surface area (Å²) >= 11 is 12.5. The first-order valence-electron chi connectivity index (χ1n) is 7.73. The Kier molecular flexibility index (Phi) is 5.15. The summed E-state index contributed by atoms with van der Waals surface area (Å²) in [6.07, 6.45) is 2.36. The summed E-state index contributed by atoms with van der Waals surface area (Å²) in [5.41, 5.74) is 0.462. The number of ether oxygens (including phenoxy) is 2. The van der Waals surface area contributed by atoms with Gasteiger partial charge in [0.25, 0.3) is 0 Å². The van der Waals surface area contributed by atoms with Gasteiger partial charge >= 0.3 is 10.3 Å². The molecule has 2 fully saturated rings. The first-order valence-corrected chi connectivity index (χ1v) is 9.89. The van der Waals surface area contributed by atoms with Gasteiger partial charge in [0.1, 0.15) is 6.10 Å². The van der Waals surface area contributed by atoms with Crippen molar-refractivity contribution in [2.24, 2.45) is 0 Å². The van der Waals surface area contributed by atoms with E-state index in [0.29, 0.717) is 28.5 Å². The van der Waals surface area contributed by atoms with Crippen LogP contribution in [0.4, 0.5) is 0 Å². The maximum atomic E-state index is 11.6. The monoisotopic (exact) mass is 395 g/mol. The van der Waals surface area contributed by atoms with E-state index in [0.717, 1.165) is 23.6 Å². The van der Waals surface area contributed by atoms with Gasteiger partial charge in [0, 0.05) is 35.5 Å². The predicted octanol–water partition coefficient (Wildman–Crippen LogP) is 3.80. The number of rotatable bonds is 3. The Morgan fingerprint density at radius 1 is 1.17 bits per heavy atom. The fourth-order valence-electron chi connectivity index (χ4n) is 3.31. The van der Waals surface area contributed by atoms with E-state index in [-0.39, 0.29) is 0 Å². The van der Waals surface area contributed by atoms with E-state index in [2.05, 4.69) is 0 Å². The fraction of sp³-hybridized carbons (Fsp3) is 0.600. The highest BCUT2D eigenvalue weighted by Crippen LogP contribution is 2.49. The van der Waals surface area contributed by atoms with Crippen molar-refractivity contribution in [3.63, 3.8) is 0 Å². The topological polar surface area (TPSA) is 76.1 Å². The van der Waals surface area contributed by atoms with Gasteiger partial charge in [0.15, 0.2) is 12.0 Å². The summed E-state index contributed by atoms with van der Waals surface area (Å²) in [6.45, 7) is 0. The van der Waals surface area contributed by atoms with Gasteiger partial charge in [0.05, 0.1) is 0 Å². The molecule has 3 rings (SSSR count). The van der Waals surface area contributed by atoms with Crippen LogP contribution in [0.15, 0.2) is 18.2 Å². The average molecular weight is 396 g/mol. The Balaban J connectivity index is 2.03. The molecule has 1 aliphatic heterocycles. The average Bonchev–Trinajstić information content (AvgIpc) is 2.85. The van der Waals surface area contributed by atoms with Crippen molar-refractivity contribution in [2.75, 3.05) is 7.05 Å². The van der Waals surface area contributed by atoms with Crippen LogP contribution in [-0.2, 0) is 19.8 Å². The molecule has 0 amide bonds. The molecule has 134 valence electrons. The van der Waals surface area contributed by atoms with Crippen LogP contribution in [-0.4, -0.2) is 36.3 Å². The summed E-state index contributed by atoms with van der Waals surface area (Å²) in [7, 11) is -3.23. The minimum Gasteiger partial charge on any atom is -0.338 e. The Morgan fingerprint density at radius 2 is 1.75 bits per heavy atom. The van der Waals surface area contributed by atoms with Crippen molar-refractivity contribution >= 4 is 33.5 Å². The fourth-order valence-corrected chi connectivity index (χ4v) is 4.33. The molecule has 24 heavy (non-hydrogen) atoms. The van der Waals surface area contributed by atoms with E-state index >= 15 is 0 Å². The summed E-state index contributed by atoms with van der Waals surface area (Å²) in [4.78, 5) is 0. The van der Waals surface area contributed by atoms with Crippen LogP contribution in [0.5, 0.6) is 0 Å². The van der Waals surface area contributed by atoms with Gasteiger partial charge in [-0.1, -0.05) is 35.7 Å². The van der Waals surface area contributed by atoms with Crippen LogP contribution < -0.4 is 0 Å². The molecule has 1 saturated carbocycles. The van der Waals surface area contributed by atoms with Crippen molar-refractivity contribution in [3.05, 3.63) is 33.8 Å². The summed E-state index contributed by atoms with van der Waals surface area (Å²) in [6, 6.07) is 5.01. The van der Waals surface area contributed by atoms with E-state index < -0.39 is 28.4 Å². The van der Waals surface area contributed by atoms with Gasteiger partial charge in [-0.25, -0.2) is 0 Å². The van der Waals surface area contributed by atoms with Crippen LogP contribution in [0.1, 0.15) is 43.8 Å². The molecule has 0 aromatic heterocycles. The highest BCUT2D eigenvalue weighted by Gasteiger charge is 2.52. The lowest BCUT2D eigenvalue weighted by molar-refractivity contribution is -0.200. The van der Waals surface area contributed by atoms with Gasteiger partial charge in [-0.3, -0.25) is 4.55 Å². The molecule has 1 aliphatic carbocycles. The van der Waals surface area contributed by atoms with Gasteiger partial charge < -0.3 is 9.47 Å². The maximum Gasteiger partial charge on any atom is 0.337 e. The Labute approximate surface area is 151 Å². The zero-order chi connectivity index (χ0) is 17.5. The van der Waals surface area contributed by atoms with Crippen molar-refractivity contribution in [3.8, 4) is 0 Å². The number of halogens is 2. The Morgan fingerprint density at radius 3 is 2.29 bits per heavy atom. The lowest BCUT2D eigenvalue weighted by atomic mass is 9.94. The maximum absolute atomic E-state index is 11.6. The van der Waals surface area contributed by atoms with Crippen LogP contribution in [0.25, 0.3) is 0 Å². The van der Waals surface area contributed by atoms with E-state index in [1.165, 1.54) is 7.05 Å². The van der Waals surface area contributed by atoms with Crippen LogP contribution in [0.3, 0.4) is 0 Å². The van der Waals surface area contributed by atoms with Crippen molar-refractivity contribution in [1.29, 1.82) is 0 Å². The first-order chi connectivity index (χ1) is 11.2. The van der Waals surface area contributed by atoms with Crippen LogP contribution in [0.2, 0.25) is 10.0 Å². The molecule has 2 aliphatic rings. The van der Waals surface area contributed by atoms with Gasteiger partial charge in [0.2, 0.25) is 0 Å². The quantitative estimate of drug-likeness (QED) is 0.787. The molecule has 2 unspecified atom stereocenters. The standard InChI is InChI=1S/C15H19Cl2NO5S/c1-18(24(19,20)21)14-13(12-10(16)6-5-7-11(12)17)22-15(23-14)8-3-2-4-9-15/h5-7,13-14H,2-4,8-9H2,1H3,(H,19,20,21). The number of hydrogen-bond acceptors (Lipinski definition) is 4.